The van der Waals surface area contributed by atoms with Crippen LogP contribution in [0.25, 0.3) is 27.7 Å². The molecule has 5 rings (SSSR count). The largest absolute Gasteiger partial charge is 0.433 e. The molecule has 4 aromatic rings. The zero-order valence-electron chi connectivity index (χ0n) is 17.0. The van der Waals surface area contributed by atoms with Gasteiger partial charge in [-0.25, -0.2) is 15.4 Å². The van der Waals surface area contributed by atoms with Crippen LogP contribution in [0.3, 0.4) is 0 Å². The summed E-state index contributed by atoms with van der Waals surface area (Å²) < 4.78 is 42.9. The summed E-state index contributed by atoms with van der Waals surface area (Å²) in [7, 11) is 1.95. The number of aromatic nitrogens is 3. The second kappa shape index (κ2) is 7.31. The van der Waals surface area contributed by atoms with Gasteiger partial charge >= 0.3 is 6.18 Å². The number of para-hydroxylation sites is 2. The van der Waals surface area contributed by atoms with Crippen molar-refractivity contribution < 1.29 is 23.2 Å². The van der Waals surface area contributed by atoms with Gasteiger partial charge < -0.3 is 9.80 Å². The van der Waals surface area contributed by atoms with Gasteiger partial charge in [-0.2, -0.15) is 13.2 Å². The number of hydroxylamine groups is 1. The number of hydrogen-bond acceptors (Lipinski definition) is 6. The lowest BCUT2D eigenvalue weighted by atomic mass is 10.1. The minimum Gasteiger partial charge on any atom is -0.368 e. The fourth-order valence-electron chi connectivity index (χ4n) is 4.15. The lowest BCUT2D eigenvalue weighted by Gasteiger charge is -2.35. The SMILES string of the molecule is CN1CCN(c2cc(C(F)(F)F)nc3c2cc(C(=O)NO)c2nc4ccccc4n23)CC1. The Bertz CT molecular complexity index is 1360. The number of nitrogens with one attached hydrogen (secondary N) is 1. The number of piperazine rings is 1. The molecule has 1 saturated heterocycles. The second-order valence-electron chi connectivity index (χ2n) is 7.81. The van der Waals surface area contributed by atoms with Crippen molar-refractivity contribution in [3.05, 3.63) is 47.7 Å². The minimum atomic E-state index is -4.65. The first-order chi connectivity index (χ1) is 15.3. The number of hydrogen-bond donors (Lipinski definition) is 2. The Morgan fingerprint density at radius 1 is 1.06 bits per heavy atom. The Balaban J connectivity index is 1.92. The van der Waals surface area contributed by atoms with Crippen molar-refractivity contribution in [3.63, 3.8) is 0 Å². The van der Waals surface area contributed by atoms with Crippen LogP contribution in [-0.4, -0.2) is 63.6 Å². The van der Waals surface area contributed by atoms with Crippen molar-refractivity contribution in [2.24, 2.45) is 0 Å². The minimum absolute atomic E-state index is 0.0353. The standard InChI is InChI=1S/C21H19F3N6O2/c1-28-6-8-29(9-7-28)16-11-17(21(22,23)24)26-18-12(16)10-13(20(31)27-32)19-25-14-4-2-3-5-15(14)30(18)19/h2-5,10-11,32H,6-9H2,1H3,(H,27,31). The Morgan fingerprint density at radius 2 is 1.78 bits per heavy atom. The average Bonchev–Trinajstić information content (AvgIpc) is 3.17. The van der Waals surface area contributed by atoms with E-state index in [-0.39, 0.29) is 16.9 Å². The molecular formula is C21H19F3N6O2. The number of halogens is 3. The molecule has 4 heterocycles. The summed E-state index contributed by atoms with van der Waals surface area (Å²) in [5.74, 6) is -0.809. The maximum atomic E-state index is 13.8. The molecule has 0 aliphatic carbocycles. The van der Waals surface area contributed by atoms with Crippen LogP contribution in [-0.2, 0) is 6.18 Å². The highest BCUT2D eigenvalue weighted by molar-refractivity contribution is 6.07. The van der Waals surface area contributed by atoms with E-state index in [1.54, 1.807) is 29.7 Å². The Labute approximate surface area is 179 Å². The van der Waals surface area contributed by atoms with Gasteiger partial charge in [0.2, 0.25) is 0 Å². The van der Waals surface area contributed by atoms with Gasteiger partial charge in [-0.05, 0) is 31.3 Å². The number of amides is 1. The Hall–Kier alpha value is -3.44. The Kier molecular flexibility index (Phi) is 4.68. The van der Waals surface area contributed by atoms with Gasteiger partial charge in [-0.15, -0.1) is 0 Å². The molecule has 0 spiro atoms. The van der Waals surface area contributed by atoms with Gasteiger partial charge in [0.15, 0.2) is 5.65 Å². The van der Waals surface area contributed by atoms with Crippen LogP contribution in [0.1, 0.15) is 16.1 Å². The van der Waals surface area contributed by atoms with Gasteiger partial charge in [0.05, 0.1) is 16.6 Å². The molecular weight excluding hydrogens is 425 g/mol. The van der Waals surface area contributed by atoms with Gasteiger partial charge in [0.25, 0.3) is 5.91 Å². The quantitative estimate of drug-likeness (QED) is 0.365. The van der Waals surface area contributed by atoms with E-state index in [2.05, 4.69) is 14.9 Å². The molecule has 2 N–H and O–H groups in total. The van der Waals surface area contributed by atoms with E-state index in [9.17, 15) is 23.2 Å². The highest BCUT2D eigenvalue weighted by Gasteiger charge is 2.35. The summed E-state index contributed by atoms with van der Waals surface area (Å²) in [4.78, 5) is 24.8. The fraction of sp³-hybridized carbons (Fsp3) is 0.286. The molecule has 0 bridgehead atoms. The van der Waals surface area contributed by atoms with E-state index in [4.69, 9.17) is 0 Å². The first kappa shape index (κ1) is 20.5. The summed E-state index contributed by atoms with van der Waals surface area (Å²) in [6.45, 7) is 2.42. The topological polar surface area (TPSA) is 86.0 Å². The van der Waals surface area contributed by atoms with Gasteiger partial charge in [0, 0.05) is 37.3 Å². The highest BCUT2D eigenvalue weighted by Crippen LogP contribution is 2.37. The summed E-state index contributed by atoms with van der Waals surface area (Å²) in [6.07, 6.45) is -4.65. The number of fused-ring (bicyclic) bond motifs is 5. The van der Waals surface area contributed by atoms with Crippen LogP contribution < -0.4 is 10.4 Å². The van der Waals surface area contributed by atoms with Crippen molar-refractivity contribution >= 4 is 39.3 Å². The molecule has 11 heteroatoms. The number of anilines is 1. The number of carbonyl (C=O) groups excluding carboxylic acids is 1. The summed E-state index contributed by atoms with van der Waals surface area (Å²) >= 11 is 0. The normalized spacial score (nSPS) is 15.7. The van der Waals surface area contributed by atoms with E-state index >= 15 is 0 Å². The molecule has 1 aromatic carbocycles. The van der Waals surface area contributed by atoms with E-state index in [1.807, 2.05) is 11.9 Å². The second-order valence-corrected chi connectivity index (χ2v) is 7.81. The molecule has 1 aliphatic heterocycles. The molecule has 1 aliphatic rings. The number of benzene rings is 1. The number of likely N-dealkylation sites (N-methyl/N-ethyl adjacent to an activating group) is 1. The lowest BCUT2D eigenvalue weighted by molar-refractivity contribution is -0.140. The maximum Gasteiger partial charge on any atom is 0.433 e. The Morgan fingerprint density at radius 3 is 2.47 bits per heavy atom. The lowest BCUT2D eigenvalue weighted by Crippen LogP contribution is -2.44. The molecule has 8 nitrogen and oxygen atoms in total. The zero-order chi connectivity index (χ0) is 22.6. The fourth-order valence-corrected chi connectivity index (χ4v) is 4.15. The predicted molar refractivity (Wildman–Crippen MR) is 112 cm³/mol. The molecule has 1 fully saturated rings. The molecule has 1 amide bonds. The third-order valence-corrected chi connectivity index (χ3v) is 5.80. The number of alkyl halides is 3. The number of nitrogens with zero attached hydrogens (tertiary/aromatic N) is 5. The van der Waals surface area contributed by atoms with Crippen molar-refractivity contribution in [1.29, 1.82) is 0 Å². The van der Waals surface area contributed by atoms with Crippen LogP contribution >= 0.6 is 0 Å². The van der Waals surface area contributed by atoms with Crippen LogP contribution in [0, 0.1) is 0 Å². The van der Waals surface area contributed by atoms with E-state index in [1.165, 1.54) is 10.5 Å². The van der Waals surface area contributed by atoms with Crippen molar-refractivity contribution in [1.82, 2.24) is 24.7 Å². The van der Waals surface area contributed by atoms with E-state index < -0.39 is 17.8 Å². The third kappa shape index (κ3) is 3.21. The predicted octanol–water partition coefficient (Wildman–Crippen LogP) is 2.93. The van der Waals surface area contributed by atoms with Gasteiger partial charge in [0.1, 0.15) is 11.3 Å². The zero-order valence-corrected chi connectivity index (χ0v) is 17.0. The summed E-state index contributed by atoms with van der Waals surface area (Å²) in [5.41, 5.74) is 2.13. The molecule has 0 radical (unpaired) electrons. The first-order valence-electron chi connectivity index (χ1n) is 9.98. The molecule has 166 valence electrons. The van der Waals surface area contributed by atoms with Crippen LogP contribution in [0.2, 0.25) is 0 Å². The molecule has 0 atom stereocenters. The number of pyridine rings is 2. The van der Waals surface area contributed by atoms with Crippen LogP contribution in [0.15, 0.2) is 36.4 Å². The van der Waals surface area contributed by atoms with Gasteiger partial charge in [-0.1, -0.05) is 12.1 Å². The number of carbonyl (C=O) groups is 1. The van der Waals surface area contributed by atoms with Crippen molar-refractivity contribution in [2.75, 3.05) is 38.1 Å². The summed E-state index contributed by atoms with van der Waals surface area (Å²) in [5, 5.41) is 9.65. The molecule has 0 saturated carbocycles. The smallest absolute Gasteiger partial charge is 0.368 e. The third-order valence-electron chi connectivity index (χ3n) is 5.80. The first-order valence-corrected chi connectivity index (χ1v) is 9.98. The van der Waals surface area contributed by atoms with Crippen LogP contribution in [0.4, 0.5) is 18.9 Å². The average molecular weight is 444 g/mol. The monoisotopic (exact) mass is 444 g/mol. The molecule has 3 aromatic heterocycles. The summed E-state index contributed by atoms with van der Waals surface area (Å²) in [6, 6.07) is 9.35. The van der Waals surface area contributed by atoms with Crippen molar-refractivity contribution in [2.45, 2.75) is 6.18 Å². The number of imidazole rings is 1. The van der Waals surface area contributed by atoms with E-state index in [0.717, 1.165) is 6.07 Å². The maximum absolute atomic E-state index is 13.8. The molecule has 32 heavy (non-hydrogen) atoms. The van der Waals surface area contributed by atoms with Crippen LogP contribution in [0.5, 0.6) is 0 Å². The highest BCUT2D eigenvalue weighted by atomic mass is 19.4. The van der Waals surface area contributed by atoms with Crippen molar-refractivity contribution in [3.8, 4) is 0 Å². The molecule has 0 unspecified atom stereocenters. The number of rotatable bonds is 2. The van der Waals surface area contributed by atoms with Gasteiger partial charge in [-0.3, -0.25) is 14.4 Å². The van der Waals surface area contributed by atoms with E-state index in [0.29, 0.717) is 48.3 Å².